The van der Waals surface area contributed by atoms with Crippen molar-refractivity contribution in [3.05, 3.63) is 0 Å². The van der Waals surface area contributed by atoms with Gasteiger partial charge in [0, 0.05) is 81.1 Å². The lowest BCUT2D eigenvalue weighted by molar-refractivity contribution is -0.138. The number of carbonyl (C=O) groups is 6. The molecular weight excluding hydrogens is 1010 g/mol. The quantitative estimate of drug-likeness (QED) is 0.0242. The Morgan fingerprint density at radius 2 is 1.11 bits per heavy atom. The molecule has 3 aliphatic rings. The Morgan fingerprint density at radius 1 is 0.595 bits per heavy atom. The third kappa shape index (κ3) is 30.3. The number of hydrogen-bond acceptors (Lipinski definition) is 16. The van der Waals surface area contributed by atoms with Gasteiger partial charge in [0.05, 0.1) is 81.0 Å². The van der Waals surface area contributed by atoms with Crippen molar-refractivity contribution in [2.45, 2.75) is 237 Å². The average molecular weight is 1120 g/mol. The van der Waals surface area contributed by atoms with E-state index in [1.165, 1.54) is 4.90 Å². The highest BCUT2D eigenvalue weighted by Crippen LogP contribution is 2.47. The van der Waals surface area contributed by atoms with Crippen LogP contribution in [0.25, 0.3) is 0 Å². The lowest BCUT2D eigenvalue weighted by Crippen LogP contribution is -2.40. The highest BCUT2D eigenvalue weighted by Gasteiger charge is 2.42. The number of phosphoric acid groups is 1. The van der Waals surface area contributed by atoms with Crippen molar-refractivity contribution in [2.24, 2.45) is 11.8 Å². The number of β-amino-alcohol motifs (C(OH)–C–C–N with tert-alkyl or cyclic N) is 1. The molecule has 7 atom stereocenters. The smallest absolute Gasteiger partial charge is 0.391 e. The molecule has 3 N–H and O–H groups in total. The number of Topliss-reactive ketones (excluding diaryl/α,β-unsaturated/α-hetero) is 3. The third-order valence-electron chi connectivity index (χ3n) is 12.1. The minimum atomic E-state index is -4.58. The molecule has 0 aromatic heterocycles. The minimum Gasteiger partial charge on any atom is -0.391 e. The van der Waals surface area contributed by atoms with Crippen LogP contribution in [-0.2, 0) is 56.6 Å². The molecule has 3 heterocycles. The van der Waals surface area contributed by atoms with Crippen LogP contribution in [0.5, 0.6) is 0 Å². The Bertz CT molecular complexity index is 1690. The monoisotopic (exact) mass is 1110 g/mol. The maximum Gasteiger partial charge on any atom is 0.472 e. The molecule has 436 valence electrons. The van der Waals surface area contributed by atoms with Crippen molar-refractivity contribution in [1.82, 2.24) is 20.0 Å². The van der Waals surface area contributed by atoms with Gasteiger partial charge in [-0.25, -0.2) is 4.57 Å². The van der Waals surface area contributed by atoms with Gasteiger partial charge >= 0.3 is 7.82 Å². The van der Waals surface area contributed by atoms with E-state index in [9.17, 15) is 43.3 Å². The zero-order valence-electron chi connectivity index (χ0n) is 45.0. The van der Waals surface area contributed by atoms with E-state index in [0.717, 1.165) is 24.5 Å². The van der Waals surface area contributed by atoms with Gasteiger partial charge in [0.15, 0.2) is 0 Å². The summed E-state index contributed by atoms with van der Waals surface area (Å²) in [5.74, 6) is 1.15. The van der Waals surface area contributed by atoms with Crippen LogP contribution in [0.4, 0.5) is 0 Å². The number of aliphatic hydroxyl groups excluding tert-OH is 1. The van der Waals surface area contributed by atoms with Crippen molar-refractivity contribution in [2.75, 3.05) is 57.5 Å². The Morgan fingerprint density at radius 3 is 1.66 bits per heavy atom. The number of nitrogens with one attached hydrogen (secondary N) is 1. The molecule has 1 unspecified atom stereocenters. The van der Waals surface area contributed by atoms with Gasteiger partial charge in [0.25, 0.3) is 0 Å². The summed E-state index contributed by atoms with van der Waals surface area (Å²) in [6.07, 6.45) is 2.55. The fourth-order valence-corrected chi connectivity index (χ4v) is 11.3. The highest BCUT2D eigenvalue weighted by molar-refractivity contribution is 8.76. The van der Waals surface area contributed by atoms with Crippen LogP contribution in [0.2, 0.25) is 0 Å². The van der Waals surface area contributed by atoms with E-state index >= 15 is 0 Å². The first kappa shape index (κ1) is 74.1. The first-order valence-corrected chi connectivity index (χ1v) is 29.9. The summed E-state index contributed by atoms with van der Waals surface area (Å²) < 4.78 is 41.2. The Balaban J connectivity index is 0. The molecule has 21 heteroatoms. The van der Waals surface area contributed by atoms with E-state index in [4.69, 9.17) is 23.3 Å². The van der Waals surface area contributed by atoms with Gasteiger partial charge < -0.3 is 44.2 Å². The standard InChI is InChI=1S/C33H60N3O10PS2.C17H31NO4.3CH4/c1-23(2)31(39)13-16-49-48-15-8-10-32(40)36-20-30(18-27(36)21-44-25(5)6)46-47(42,43)45-22-26-17-29(38)19-35(26)33(41)12-11-28(37)9-7-14-34-24(3)4;1-11(2)16(19)8-17(20)18-9-15(22-13(5)6)7-14(18)10-21-12(3)4;;;/h23-27,29-30,34,38H,7-22H2,1-6H3,(H,42,43);11-15H,7-10H2,1-6H3;3*1H4/t26-,27-,29+,30+;14-,15+;;;/m00.../s1. The Kier molecular flexibility index (Phi) is 38.6. The van der Waals surface area contributed by atoms with E-state index in [-0.39, 0.29) is 158 Å². The van der Waals surface area contributed by atoms with E-state index in [1.807, 2.05) is 83.1 Å². The van der Waals surface area contributed by atoms with Crippen LogP contribution in [0.1, 0.15) is 176 Å². The van der Waals surface area contributed by atoms with Crippen molar-refractivity contribution in [1.29, 1.82) is 0 Å². The van der Waals surface area contributed by atoms with Gasteiger partial charge in [-0.05, 0) is 80.2 Å². The van der Waals surface area contributed by atoms with Crippen LogP contribution in [0, 0.1) is 11.8 Å². The number of ether oxygens (including phenoxy) is 3. The van der Waals surface area contributed by atoms with Crippen LogP contribution in [0.3, 0.4) is 0 Å². The number of amides is 3. The van der Waals surface area contributed by atoms with Gasteiger partial charge in [-0.1, -0.05) is 85.4 Å². The average Bonchev–Trinajstić information content (AvgIpc) is 3.99. The SMILES string of the molecule is C.C.C.CC(C)NCCCC(=O)CCC(=O)N1C[C@H](O)C[C@H]1COP(=O)(O)O[C@@H]1C[C@@H](COC(C)C)N(C(=O)CCCSSCCC(=O)C(C)C)C1.CC(C)OC[C@@H]1C[C@@H](OC(C)C)CN1C(=O)CC(=O)C(C)C. The predicted molar refractivity (Wildman–Crippen MR) is 299 cm³/mol. The van der Waals surface area contributed by atoms with Crippen molar-refractivity contribution < 1.29 is 66.6 Å². The van der Waals surface area contributed by atoms with Crippen LogP contribution < -0.4 is 5.32 Å². The number of phosphoric ester groups is 1. The van der Waals surface area contributed by atoms with Crippen molar-refractivity contribution in [3.8, 4) is 0 Å². The molecule has 0 aliphatic carbocycles. The molecule has 18 nitrogen and oxygen atoms in total. The molecule has 0 aromatic rings. The summed E-state index contributed by atoms with van der Waals surface area (Å²) in [6.45, 7) is 25.1. The molecule has 0 bridgehead atoms. The van der Waals surface area contributed by atoms with Crippen LogP contribution in [0.15, 0.2) is 0 Å². The second-order valence-electron chi connectivity index (χ2n) is 20.7. The lowest BCUT2D eigenvalue weighted by atomic mass is 10.1. The fourth-order valence-electron chi connectivity index (χ4n) is 8.22. The van der Waals surface area contributed by atoms with Crippen LogP contribution in [-0.4, -0.2) is 178 Å². The number of ketones is 3. The number of nitrogens with zero attached hydrogens (tertiary/aromatic N) is 3. The first-order chi connectivity index (χ1) is 33.3. The zero-order chi connectivity index (χ0) is 53.4. The second kappa shape index (κ2) is 38.6. The van der Waals surface area contributed by atoms with E-state index in [1.54, 1.807) is 31.4 Å². The van der Waals surface area contributed by atoms with Crippen molar-refractivity contribution in [3.63, 3.8) is 0 Å². The molecule has 3 rings (SSSR count). The molecular formula is C53H103N4O14PS2. The summed E-state index contributed by atoms with van der Waals surface area (Å²) in [5.41, 5.74) is 0. The minimum absolute atomic E-state index is 0. The number of likely N-dealkylation sites (tertiary alicyclic amines) is 3. The van der Waals surface area contributed by atoms with E-state index in [0.29, 0.717) is 57.7 Å². The molecule has 3 saturated heterocycles. The predicted octanol–water partition coefficient (Wildman–Crippen LogP) is 8.71. The molecule has 0 spiro atoms. The molecule has 3 fully saturated rings. The molecule has 0 aromatic carbocycles. The van der Waals surface area contributed by atoms with Crippen molar-refractivity contribution >= 4 is 64.5 Å². The first-order valence-electron chi connectivity index (χ1n) is 25.9. The number of carbonyl (C=O) groups excluding carboxylic acids is 6. The van der Waals surface area contributed by atoms with Gasteiger partial charge in [0.1, 0.15) is 17.3 Å². The third-order valence-corrected chi connectivity index (χ3v) is 15.6. The van der Waals surface area contributed by atoms with Gasteiger partial charge in [-0.3, -0.25) is 37.8 Å². The molecule has 0 saturated carbocycles. The Labute approximate surface area is 455 Å². The van der Waals surface area contributed by atoms with Gasteiger partial charge in [-0.2, -0.15) is 0 Å². The number of hydrogen-bond donors (Lipinski definition) is 3. The maximum atomic E-state index is 13.2. The highest BCUT2D eigenvalue weighted by atomic mass is 33.1. The molecule has 3 amide bonds. The van der Waals surface area contributed by atoms with Gasteiger partial charge in [0.2, 0.25) is 17.7 Å². The summed E-state index contributed by atoms with van der Waals surface area (Å²) in [5, 5.41) is 13.5. The topological polar surface area (TPSA) is 228 Å². The zero-order valence-corrected chi connectivity index (χ0v) is 47.5. The second-order valence-corrected chi connectivity index (χ2v) is 24.8. The van der Waals surface area contributed by atoms with E-state index in [2.05, 4.69) is 5.32 Å². The number of rotatable bonds is 33. The fraction of sp³-hybridized carbons (Fsp3) is 0.887. The van der Waals surface area contributed by atoms with Gasteiger partial charge in [-0.15, -0.1) is 0 Å². The molecule has 0 radical (unpaired) electrons. The Hall–Kier alpha value is -1.97. The maximum absolute atomic E-state index is 13.2. The molecule has 74 heavy (non-hydrogen) atoms. The largest absolute Gasteiger partial charge is 0.472 e. The summed E-state index contributed by atoms with van der Waals surface area (Å²) in [7, 11) is -1.31. The lowest BCUT2D eigenvalue weighted by Gasteiger charge is -2.26. The number of aliphatic hydroxyl groups is 1. The summed E-state index contributed by atoms with van der Waals surface area (Å²) >= 11 is 0. The van der Waals surface area contributed by atoms with E-state index < -0.39 is 26.1 Å². The summed E-state index contributed by atoms with van der Waals surface area (Å²) in [6, 6.07) is -0.628. The molecule has 3 aliphatic heterocycles. The van der Waals surface area contributed by atoms with Crippen LogP contribution >= 0.6 is 29.4 Å². The normalized spacial score (nSPS) is 21.4. The summed E-state index contributed by atoms with van der Waals surface area (Å²) in [4.78, 5) is 89.9.